The predicted octanol–water partition coefficient (Wildman–Crippen LogP) is 1.21. The van der Waals surface area contributed by atoms with Crippen LogP contribution in [0.2, 0.25) is 0 Å². The van der Waals surface area contributed by atoms with Crippen LogP contribution in [0.25, 0.3) is 0 Å². The number of hydrogen-bond acceptors (Lipinski definition) is 7. The molecular weight excluding hydrogens is 350 g/mol. The molecule has 0 radical (unpaired) electrons. The van der Waals surface area contributed by atoms with Gasteiger partial charge in [-0.2, -0.15) is 0 Å². The number of amides is 2. The van der Waals surface area contributed by atoms with Crippen LogP contribution in [-0.4, -0.2) is 43.1 Å². The molecule has 0 N–H and O–H groups in total. The fourth-order valence-electron chi connectivity index (χ4n) is 2.83. The average Bonchev–Trinajstić information content (AvgIpc) is 3.31. The molecule has 3 aromatic rings. The van der Waals surface area contributed by atoms with E-state index in [0.717, 1.165) is 5.56 Å². The van der Waals surface area contributed by atoms with E-state index in [0.29, 0.717) is 5.06 Å². The van der Waals surface area contributed by atoms with Crippen LogP contribution >= 0.6 is 0 Å². The maximum atomic E-state index is 12.8. The first-order valence-electron chi connectivity index (χ1n) is 8.11. The summed E-state index contributed by atoms with van der Waals surface area (Å²) in [5, 5.41) is 11.3. The third-order valence-electron chi connectivity index (χ3n) is 4.17. The SMILES string of the molecule is O=C(ON1C(=O)c2ccccc2C1=O)C(Cc1ccccc1)n1cnnn1. The second-order valence-electron chi connectivity index (χ2n) is 5.86. The number of carbonyl (C=O) groups excluding carboxylic acids is 3. The molecule has 1 aromatic heterocycles. The molecule has 1 aliphatic heterocycles. The van der Waals surface area contributed by atoms with Gasteiger partial charge in [-0.3, -0.25) is 9.59 Å². The van der Waals surface area contributed by atoms with Crippen molar-refractivity contribution >= 4 is 17.8 Å². The number of fused-ring (bicyclic) bond motifs is 1. The first-order valence-corrected chi connectivity index (χ1v) is 8.11. The molecule has 0 spiro atoms. The maximum absolute atomic E-state index is 12.8. The van der Waals surface area contributed by atoms with Crippen molar-refractivity contribution in [3.05, 3.63) is 77.6 Å². The number of carbonyl (C=O) groups is 3. The van der Waals surface area contributed by atoms with E-state index < -0.39 is 23.8 Å². The maximum Gasteiger partial charge on any atom is 0.358 e. The number of aromatic nitrogens is 4. The second-order valence-corrected chi connectivity index (χ2v) is 5.86. The number of tetrazole rings is 1. The van der Waals surface area contributed by atoms with Crippen LogP contribution in [0, 0.1) is 0 Å². The lowest BCUT2D eigenvalue weighted by atomic mass is 10.1. The molecule has 1 atom stereocenters. The summed E-state index contributed by atoms with van der Waals surface area (Å²) in [6.07, 6.45) is 1.51. The standard InChI is InChI=1S/C18H13N5O4/c24-16-13-8-4-5-9-14(13)17(25)23(16)27-18(26)15(22-11-19-20-21-22)10-12-6-2-1-3-7-12/h1-9,11,15H,10H2. The molecule has 2 aromatic carbocycles. The fraction of sp³-hybridized carbons (Fsp3) is 0.111. The van der Waals surface area contributed by atoms with Crippen LogP contribution in [0.5, 0.6) is 0 Å². The van der Waals surface area contributed by atoms with Gasteiger partial charge in [0.15, 0.2) is 6.04 Å². The molecule has 134 valence electrons. The summed E-state index contributed by atoms with van der Waals surface area (Å²) in [4.78, 5) is 42.7. The minimum Gasteiger partial charge on any atom is -0.327 e. The first-order chi connectivity index (χ1) is 13.1. The van der Waals surface area contributed by atoms with Crippen molar-refractivity contribution in [1.29, 1.82) is 0 Å². The zero-order chi connectivity index (χ0) is 18.8. The lowest BCUT2D eigenvalue weighted by Crippen LogP contribution is -2.36. The molecule has 1 aliphatic rings. The van der Waals surface area contributed by atoms with Crippen molar-refractivity contribution in [1.82, 2.24) is 25.3 Å². The molecule has 0 saturated heterocycles. The quantitative estimate of drug-likeness (QED) is 0.627. The summed E-state index contributed by atoms with van der Waals surface area (Å²) >= 11 is 0. The third kappa shape index (κ3) is 3.06. The van der Waals surface area contributed by atoms with Crippen LogP contribution in [0.4, 0.5) is 0 Å². The zero-order valence-corrected chi connectivity index (χ0v) is 13.9. The molecule has 0 aliphatic carbocycles. The van der Waals surface area contributed by atoms with Gasteiger partial charge in [0.2, 0.25) is 0 Å². The minimum atomic E-state index is -0.938. The van der Waals surface area contributed by atoms with E-state index in [1.165, 1.54) is 23.1 Å². The Hall–Kier alpha value is -3.88. The van der Waals surface area contributed by atoms with Crippen molar-refractivity contribution in [2.45, 2.75) is 12.5 Å². The van der Waals surface area contributed by atoms with Gasteiger partial charge < -0.3 is 4.84 Å². The molecular formula is C18H13N5O4. The Balaban J connectivity index is 1.58. The van der Waals surface area contributed by atoms with Gasteiger partial charge in [-0.05, 0) is 28.1 Å². The Morgan fingerprint density at radius 2 is 1.59 bits per heavy atom. The Labute approximate surface area is 153 Å². The van der Waals surface area contributed by atoms with E-state index in [9.17, 15) is 14.4 Å². The smallest absolute Gasteiger partial charge is 0.327 e. The molecule has 4 rings (SSSR count). The van der Waals surface area contributed by atoms with Crippen molar-refractivity contribution in [2.24, 2.45) is 0 Å². The largest absolute Gasteiger partial charge is 0.358 e. The number of hydrogen-bond donors (Lipinski definition) is 0. The van der Waals surface area contributed by atoms with Gasteiger partial charge >= 0.3 is 5.97 Å². The van der Waals surface area contributed by atoms with E-state index in [-0.39, 0.29) is 17.5 Å². The van der Waals surface area contributed by atoms with Gasteiger partial charge in [0.25, 0.3) is 11.8 Å². The highest BCUT2D eigenvalue weighted by Crippen LogP contribution is 2.24. The highest BCUT2D eigenvalue weighted by molar-refractivity contribution is 6.20. The second kappa shape index (κ2) is 6.79. The average molecular weight is 363 g/mol. The highest BCUT2D eigenvalue weighted by atomic mass is 16.7. The Morgan fingerprint density at radius 3 is 2.19 bits per heavy atom. The summed E-state index contributed by atoms with van der Waals surface area (Å²) in [7, 11) is 0. The topological polar surface area (TPSA) is 107 Å². The molecule has 1 unspecified atom stereocenters. The molecule has 9 nitrogen and oxygen atoms in total. The Bertz CT molecular complexity index is 969. The number of nitrogens with zero attached hydrogens (tertiary/aromatic N) is 5. The Kier molecular flexibility index (Phi) is 4.17. The third-order valence-corrected chi connectivity index (χ3v) is 4.17. The van der Waals surface area contributed by atoms with E-state index in [1.807, 2.05) is 30.3 Å². The number of hydroxylamine groups is 2. The van der Waals surface area contributed by atoms with Gasteiger partial charge in [-0.15, -0.1) is 5.10 Å². The molecule has 27 heavy (non-hydrogen) atoms. The monoisotopic (exact) mass is 363 g/mol. The summed E-state index contributed by atoms with van der Waals surface area (Å²) in [5.74, 6) is -2.18. The lowest BCUT2D eigenvalue weighted by Gasteiger charge is -2.18. The van der Waals surface area contributed by atoms with Crippen LogP contribution in [0.15, 0.2) is 60.9 Å². The van der Waals surface area contributed by atoms with Crippen molar-refractivity contribution in [3.63, 3.8) is 0 Å². The van der Waals surface area contributed by atoms with Crippen LogP contribution in [0.1, 0.15) is 32.3 Å². The zero-order valence-electron chi connectivity index (χ0n) is 13.9. The molecule has 2 amide bonds. The molecule has 9 heteroatoms. The van der Waals surface area contributed by atoms with Crippen LogP contribution in [0.3, 0.4) is 0 Å². The van der Waals surface area contributed by atoms with E-state index in [2.05, 4.69) is 15.5 Å². The summed E-state index contributed by atoms with van der Waals surface area (Å²) < 4.78 is 1.23. The van der Waals surface area contributed by atoms with E-state index in [4.69, 9.17) is 4.84 Å². The fourth-order valence-corrected chi connectivity index (χ4v) is 2.83. The van der Waals surface area contributed by atoms with Gasteiger partial charge in [0.1, 0.15) is 6.33 Å². The molecule has 2 heterocycles. The van der Waals surface area contributed by atoms with Crippen LogP contribution in [-0.2, 0) is 16.1 Å². The number of rotatable bonds is 5. The van der Waals surface area contributed by atoms with Crippen molar-refractivity contribution in [2.75, 3.05) is 0 Å². The Morgan fingerprint density at radius 1 is 0.963 bits per heavy atom. The molecule has 0 saturated carbocycles. The lowest BCUT2D eigenvalue weighted by molar-refractivity contribution is -0.173. The minimum absolute atomic E-state index is 0.192. The number of benzene rings is 2. The van der Waals surface area contributed by atoms with Crippen molar-refractivity contribution < 1.29 is 19.2 Å². The summed E-state index contributed by atoms with van der Waals surface area (Å²) in [6.45, 7) is 0. The number of imide groups is 1. The molecule has 0 bridgehead atoms. The first kappa shape index (κ1) is 16.6. The summed E-state index contributed by atoms with van der Waals surface area (Å²) in [6, 6.07) is 14.5. The van der Waals surface area contributed by atoms with E-state index >= 15 is 0 Å². The highest BCUT2D eigenvalue weighted by Gasteiger charge is 2.40. The van der Waals surface area contributed by atoms with Crippen LogP contribution < -0.4 is 0 Å². The van der Waals surface area contributed by atoms with E-state index in [1.54, 1.807) is 12.1 Å². The normalized spacial score (nSPS) is 14.1. The van der Waals surface area contributed by atoms with Gasteiger partial charge in [-0.25, -0.2) is 9.48 Å². The van der Waals surface area contributed by atoms with Crippen molar-refractivity contribution in [3.8, 4) is 0 Å². The molecule has 0 fully saturated rings. The predicted molar refractivity (Wildman–Crippen MR) is 90.0 cm³/mol. The van der Waals surface area contributed by atoms with Gasteiger partial charge in [0, 0.05) is 6.42 Å². The summed E-state index contributed by atoms with van der Waals surface area (Å²) in [5.41, 5.74) is 1.23. The van der Waals surface area contributed by atoms with Gasteiger partial charge in [-0.1, -0.05) is 47.5 Å². The van der Waals surface area contributed by atoms with Gasteiger partial charge in [0.05, 0.1) is 11.1 Å².